The second-order valence-electron chi connectivity index (χ2n) is 3.47. The Morgan fingerprint density at radius 1 is 1.29 bits per heavy atom. The van der Waals surface area contributed by atoms with Gasteiger partial charge in [-0.3, -0.25) is 9.89 Å². The lowest BCUT2D eigenvalue weighted by molar-refractivity contribution is -0.188. The van der Waals surface area contributed by atoms with Crippen molar-refractivity contribution < 1.29 is 17.9 Å². The molecule has 102 valence electrons. The van der Waals surface area contributed by atoms with Gasteiger partial charge in [-0.2, -0.15) is 13.2 Å². The number of rotatable bonds is 3. The average Bonchev–Trinajstić information content (AvgIpc) is 2.17. The van der Waals surface area contributed by atoms with Crippen molar-refractivity contribution in [2.45, 2.75) is 12.2 Å². The molecule has 0 radical (unpaired) electrons. The Hall–Kier alpha value is -0.290. The SMILES string of the molecule is I.NC(N)=NCC(N1CCOCC1)C(F)(F)F. The number of nitrogens with two attached hydrogens (primary N) is 2. The van der Waals surface area contributed by atoms with Crippen LogP contribution in [0, 0.1) is 0 Å². The van der Waals surface area contributed by atoms with Gasteiger partial charge in [0.05, 0.1) is 19.8 Å². The molecule has 4 N–H and O–H groups in total. The second kappa shape index (κ2) is 7.21. The number of alkyl halides is 3. The monoisotopic (exact) mass is 368 g/mol. The first-order chi connectivity index (χ1) is 7.41. The van der Waals surface area contributed by atoms with Crippen molar-refractivity contribution in [2.24, 2.45) is 16.5 Å². The first kappa shape index (κ1) is 16.7. The lowest BCUT2D eigenvalue weighted by atomic mass is 10.2. The van der Waals surface area contributed by atoms with Crippen molar-refractivity contribution in [1.82, 2.24) is 4.90 Å². The molecule has 0 aliphatic carbocycles. The second-order valence-corrected chi connectivity index (χ2v) is 3.47. The van der Waals surface area contributed by atoms with E-state index in [0.29, 0.717) is 13.2 Å². The summed E-state index contributed by atoms with van der Waals surface area (Å²) in [5.41, 5.74) is 10.1. The van der Waals surface area contributed by atoms with Crippen LogP contribution in [0.5, 0.6) is 0 Å². The van der Waals surface area contributed by atoms with Crippen LogP contribution in [0.4, 0.5) is 13.2 Å². The van der Waals surface area contributed by atoms with E-state index in [0.717, 1.165) is 0 Å². The number of morpholine rings is 1. The Morgan fingerprint density at radius 3 is 2.24 bits per heavy atom. The zero-order chi connectivity index (χ0) is 12.2. The molecule has 1 heterocycles. The summed E-state index contributed by atoms with van der Waals surface area (Å²) < 4.78 is 43.2. The summed E-state index contributed by atoms with van der Waals surface area (Å²) in [6.07, 6.45) is -4.34. The number of guanidine groups is 1. The van der Waals surface area contributed by atoms with Crippen molar-refractivity contribution in [1.29, 1.82) is 0 Å². The molecule has 0 bridgehead atoms. The van der Waals surface area contributed by atoms with E-state index >= 15 is 0 Å². The van der Waals surface area contributed by atoms with E-state index in [4.69, 9.17) is 16.2 Å². The van der Waals surface area contributed by atoms with Crippen LogP contribution >= 0.6 is 24.0 Å². The number of aliphatic imine (C=N–C) groups is 1. The molecule has 0 aromatic heterocycles. The molecule has 1 aliphatic heterocycles. The Balaban J connectivity index is 0.00000256. The first-order valence-corrected chi connectivity index (χ1v) is 4.85. The third-order valence-electron chi connectivity index (χ3n) is 2.31. The number of nitrogens with zero attached hydrogens (tertiary/aromatic N) is 2. The maximum Gasteiger partial charge on any atom is 0.405 e. The Labute approximate surface area is 114 Å². The van der Waals surface area contributed by atoms with Gasteiger partial charge in [0.1, 0.15) is 6.04 Å². The van der Waals surface area contributed by atoms with Crippen LogP contribution in [0.3, 0.4) is 0 Å². The molecule has 0 spiro atoms. The van der Waals surface area contributed by atoms with E-state index in [-0.39, 0.29) is 43.0 Å². The minimum absolute atomic E-state index is 0. The van der Waals surface area contributed by atoms with Gasteiger partial charge < -0.3 is 16.2 Å². The van der Waals surface area contributed by atoms with Crippen LogP contribution in [0.2, 0.25) is 0 Å². The van der Waals surface area contributed by atoms with Crippen molar-refractivity contribution in [2.75, 3.05) is 32.8 Å². The van der Waals surface area contributed by atoms with Gasteiger partial charge in [-0.25, -0.2) is 0 Å². The number of ether oxygens (including phenoxy) is 1. The molecule has 0 aromatic carbocycles. The van der Waals surface area contributed by atoms with Crippen LogP contribution in [0.15, 0.2) is 4.99 Å². The van der Waals surface area contributed by atoms with Crippen molar-refractivity contribution in [3.8, 4) is 0 Å². The molecule has 0 aromatic rings. The minimum Gasteiger partial charge on any atom is -0.379 e. The third kappa shape index (κ3) is 5.73. The molecule has 1 atom stereocenters. The minimum atomic E-state index is -4.34. The third-order valence-corrected chi connectivity index (χ3v) is 2.31. The maximum atomic E-state index is 12.7. The van der Waals surface area contributed by atoms with E-state index in [1.807, 2.05) is 0 Å². The zero-order valence-corrected chi connectivity index (χ0v) is 11.4. The summed E-state index contributed by atoms with van der Waals surface area (Å²) in [5, 5.41) is 0. The summed E-state index contributed by atoms with van der Waals surface area (Å²) in [7, 11) is 0. The Bertz CT molecular complexity index is 252. The fourth-order valence-electron chi connectivity index (χ4n) is 1.51. The van der Waals surface area contributed by atoms with Crippen molar-refractivity contribution in [3.05, 3.63) is 0 Å². The lowest BCUT2D eigenvalue weighted by Crippen LogP contribution is -2.52. The topological polar surface area (TPSA) is 76.9 Å². The quantitative estimate of drug-likeness (QED) is 0.422. The predicted octanol–water partition coefficient (Wildman–Crippen LogP) is 0.141. The summed E-state index contributed by atoms with van der Waals surface area (Å²) in [6, 6.07) is -1.64. The number of halogens is 4. The van der Waals surface area contributed by atoms with Gasteiger partial charge >= 0.3 is 6.18 Å². The molecule has 5 nitrogen and oxygen atoms in total. The van der Waals surface area contributed by atoms with Crippen LogP contribution in [0.1, 0.15) is 0 Å². The van der Waals surface area contributed by atoms with Crippen LogP contribution in [-0.2, 0) is 4.74 Å². The van der Waals surface area contributed by atoms with Gasteiger partial charge in [0, 0.05) is 13.1 Å². The molecule has 9 heteroatoms. The van der Waals surface area contributed by atoms with Crippen molar-refractivity contribution >= 4 is 29.9 Å². The van der Waals surface area contributed by atoms with Crippen LogP contribution in [0.25, 0.3) is 0 Å². The molecule has 1 rings (SSSR count). The molecule has 1 aliphatic rings. The van der Waals surface area contributed by atoms with E-state index < -0.39 is 18.8 Å². The molecular formula is C8H16F3IN4O. The van der Waals surface area contributed by atoms with E-state index in [9.17, 15) is 13.2 Å². The molecule has 1 fully saturated rings. The highest BCUT2D eigenvalue weighted by atomic mass is 127. The zero-order valence-electron chi connectivity index (χ0n) is 9.11. The lowest BCUT2D eigenvalue weighted by Gasteiger charge is -2.34. The largest absolute Gasteiger partial charge is 0.405 e. The van der Waals surface area contributed by atoms with Crippen LogP contribution < -0.4 is 11.5 Å². The molecule has 17 heavy (non-hydrogen) atoms. The summed E-state index contributed by atoms with van der Waals surface area (Å²) in [4.78, 5) is 4.72. The van der Waals surface area contributed by atoms with Gasteiger partial charge in [0.2, 0.25) is 0 Å². The maximum absolute atomic E-state index is 12.7. The molecular weight excluding hydrogens is 352 g/mol. The normalized spacial score (nSPS) is 19.2. The van der Waals surface area contributed by atoms with Gasteiger partial charge in [-0.1, -0.05) is 0 Å². The smallest absolute Gasteiger partial charge is 0.379 e. The van der Waals surface area contributed by atoms with Crippen LogP contribution in [-0.4, -0.2) is 55.9 Å². The van der Waals surface area contributed by atoms with E-state index in [1.54, 1.807) is 0 Å². The van der Waals surface area contributed by atoms with E-state index in [1.165, 1.54) is 4.90 Å². The van der Waals surface area contributed by atoms with Gasteiger partial charge in [-0.15, -0.1) is 24.0 Å². The Morgan fingerprint density at radius 2 is 1.82 bits per heavy atom. The highest BCUT2D eigenvalue weighted by molar-refractivity contribution is 14.0. The molecule has 1 saturated heterocycles. The highest BCUT2D eigenvalue weighted by Gasteiger charge is 2.43. The summed E-state index contributed by atoms with van der Waals surface area (Å²) >= 11 is 0. The van der Waals surface area contributed by atoms with Gasteiger partial charge in [0.25, 0.3) is 0 Å². The number of hydrogen-bond donors (Lipinski definition) is 2. The molecule has 1 unspecified atom stereocenters. The van der Waals surface area contributed by atoms with Gasteiger partial charge in [-0.05, 0) is 0 Å². The number of hydrogen-bond acceptors (Lipinski definition) is 3. The highest BCUT2D eigenvalue weighted by Crippen LogP contribution is 2.25. The fourth-order valence-corrected chi connectivity index (χ4v) is 1.51. The molecule has 0 amide bonds. The average molecular weight is 368 g/mol. The summed E-state index contributed by atoms with van der Waals surface area (Å²) in [5.74, 6) is -0.331. The predicted molar refractivity (Wildman–Crippen MR) is 68.3 cm³/mol. The molecule has 0 saturated carbocycles. The fraction of sp³-hybridized carbons (Fsp3) is 0.875. The van der Waals surface area contributed by atoms with E-state index in [2.05, 4.69) is 4.99 Å². The van der Waals surface area contributed by atoms with Gasteiger partial charge in [0.15, 0.2) is 5.96 Å². The summed E-state index contributed by atoms with van der Waals surface area (Å²) in [6.45, 7) is 0.614. The standard InChI is InChI=1S/C8H15F3N4O.HI/c9-8(10,11)6(5-14-7(12)13)15-1-3-16-4-2-15;/h6H,1-5H2,(H4,12,13,14);1H. The first-order valence-electron chi connectivity index (χ1n) is 4.85. The Kier molecular flexibility index (Phi) is 7.09. The van der Waals surface area contributed by atoms with Crippen molar-refractivity contribution in [3.63, 3.8) is 0 Å².